The van der Waals surface area contributed by atoms with Gasteiger partial charge in [0.05, 0.1) is 0 Å². The van der Waals surface area contributed by atoms with Crippen molar-refractivity contribution >= 4 is 11.7 Å². The van der Waals surface area contributed by atoms with Crippen LogP contribution < -0.4 is 11.2 Å². The zero-order valence-corrected chi connectivity index (χ0v) is 9.71. The van der Waals surface area contributed by atoms with E-state index < -0.39 is 12.3 Å². The summed E-state index contributed by atoms with van der Waals surface area (Å²) in [6.45, 7) is 0. The molecule has 92 valence electrons. The summed E-state index contributed by atoms with van der Waals surface area (Å²) in [5, 5.41) is 3.88. The summed E-state index contributed by atoms with van der Waals surface area (Å²) in [5.41, 5.74) is 8.34. The van der Waals surface area contributed by atoms with Crippen LogP contribution in [-0.4, -0.2) is 32.3 Å². The number of hydrogen-bond donors (Lipinski definition) is 2. The number of urea groups is 1. The van der Waals surface area contributed by atoms with Crippen LogP contribution in [0.1, 0.15) is 5.56 Å². The molecule has 0 unspecified atom stereocenters. The number of nitrogens with zero attached hydrogens (tertiary/aromatic N) is 1. The van der Waals surface area contributed by atoms with Gasteiger partial charge in [-0.2, -0.15) is 5.10 Å². The highest BCUT2D eigenvalue weighted by molar-refractivity contribution is 6.03. The van der Waals surface area contributed by atoms with Gasteiger partial charge in [0.15, 0.2) is 0 Å². The van der Waals surface area contributed by atoms with Gasteiger partial charge in [-0.25, -0.2) is 10.2 Å². The number of carbonyl (C=O) groups is 1. The number of amides is 2. The van der Waals surface area contributed by atoms with E-state index in [1.807, 2.05) is 30.3 Å². The van der Waals surface area contributed by atoms with Crippen LogP contribution in [0.5, 0.6) is 0 Å². The molecule has 0 fully saturated rings. The fraction of sp³-hybridized carbons (Fsp3) is 0.273. The number of nitrogens with one attached hydrogen (secondary N) is 1. The van der Waals surface area contributed by atoms with Crippen molar-refractivity contribution in [2.75, 3.05) is 14.2 Å². The normalized spacial score (nSPS) is 11.6. The van der Waals surface area contributed by atoms with Gasteiger partial charge in [-0.15, -0.1) is 0 Å². The van der Waals surface area contributed by atoms with Crippen LogP contribution in [0.2, 0.25) is 0 Å². The van der Waals surface area contributed by atoms with Crippen LogP contribution in [0, 0.1) is 0 Å². The second kappa shape index (κ2) is 6.62. The maximum atomic E-state index is 10.7. The number of hydrogen-bond acceptors (Lipinski definition) is 4. The molecule has 0 spiro atoms. The Morgan fingerprint density at radius 3 is 2.35 bits per heavy atom. The lowest BCUT2D eigenvalue weighted by Crippen LogP contribution is -2.32. The number of benzene rings is 1. The van der Waals surface area contributed by atoms with Crippen LogP contribution in [0.25, 0.3) is 0 Å². The molecule has 0 bridgehead atoms. The smallest absolute Gasteiger partial charge is 0.332 e. The quantitative estimate of drug-likeness (QED) is 0.448. The van der Waals surface area contributed by atoms with Gasteiger partial charge in [0.1, 0.15) is 5.71 Å². The van der Waals surface area contributed by atoms with Crippen LogP contribution in [0.15, 0.2) is 35.4 Å². The van der Waals surface area contributed by atoms with Crippen molar-refractivity contribution in [3.63, 3.8) is 0 Å². The van der Waals surface area contributed by atoms with E-state index in [4.69, 9.17) is 15.2 Å². The number of rotatable bonds is 5. The summed E-state index contributed by atoms with van der Waals surface area (Å²) in [7, 11) is 2.97. The average Bonchev–Trinajstić information content (AvgIpc) is 2.35. The Hall–Kier alpha value is -1.92. The third-order valence-electron chi connectivity index (χ3n) is 2.01. The van der Waals surface area contributed by atoms with Crippen LogP contribution in [-0.2, 0) is 9.47 Å². The highest BCUT2D eigenvalue weighted by atomic mass is 16.7. The largest absolute Gasteiger partial charge is 0.350 e. The molecule has 1 aromatic rings. The third kappa shape index (κ3) is 3.86. The van der Waals surface area contributed by atoms with Gasteiger partial charge in [0, 0.05) is 19.8 Å². The zero-order chi connectivity index (χ0) is 12.7. The van der Waals surface area contributed by atoms with E-state index >= 15 is 0 Å². The molecule has 0 saturated carbocycles. The third-order valence-corrected chi connectivity index (χ3v) is 2.01. The minimum atomic E-state index is -0.746. The molecule has 1 aromatic carbocycles. The monoisotopic (exact) mass is 237 g/mol. The molecular formula is C11H15N3O3. The Bertz CT molecular complexity index is 388. The molecule has 6 nitrogen and oxygen atoms in total. The molecule has 0 aliphatic carbocycles. The van der Waals surface area contributed by atoms with Gasteiger partial charge >= 0.3 is 6.03 Å². The van der Waals surface area contributed by atoms with E-state index in [-0.39, 0.29) is 0 Å². The van der Waals surface area contributed by atoms with Crippen molar-refractivity contribution in [3.05, 3.63) is 35.9 Å². The predicted molar refractivity (Wildman–Crippen MR) is 63.5 cm³/mol. The summed E-state index contributed by atoms with van der Waals surface area (Å²) >= 11 is 0. The van der Waals surface area contributed by atoms with E-state index in [0.717, 1.165) is 5.56 Å². The highest BCUT2D eigenvalue weighted by Crippen LogP contribution is 2.07. The van der Waals surface area contributed by atoms with Crippen LogP contribution >= 0.6 is 0 Å². The highest BCUT2D eigenvalue weighted by Gasteiger charge is 2.16. The average molecular weight is 237 g/mol. The number of hydrazone groups is 1. The second-order valence-corrected chi connectivity index (χ2v) is 3.14. The first-order chi connectivity index (χ1) is 8.19. The van der Waals surface area contributed by atoms with Crippen molar-refractivity contribution < 1.29 is 14.3 Å². The van der Waals surface area contributed by atoms with E-state index in [0.29, 0.717) is 5.71 Å². The predicted octanol–water partition coefficient (Wildman–Crippen LogP) is 0.678. The fourth-order valence-electron chi connectivity index (χ4n) is 1.30. The first-order valence-corrected chi connectivity index (χ1v) is 4.93. The minimum absolute atomic E-state index is 0.439. The minimum Gasteiger partial charge on any atom is -0.350 e. The molecule has 0 saturated heterocycles. The standard InChI is InChI=1S/C11H15N3O3/c1-16-10(17-2)9(13-14-11(12)15)8-6-4-3-5-7-8/h3-7,10H,1-2H3,(H3,12,14,15)/b13-9+. The van der Waals surface area contributed by atoms with Gasteiger partial charge in [0.2, 0.25) is 6.29 Å². The molecule has 1 rings (SSSR count). The summed E-state index contributed by atoms with van der Waals surface area (Å²) < 4.78 is 10.2. The van der Waals surface area contributed by atoms with Crippen molar-refractivity contribution in [2.45, 2.75) is 6.29 Å². The van der Waals surface area contributed by atoms with Crippen molar-refractivity contribution in [1.82, 2.24) is 5.43 Å². The Labute approximate surface area is 99.4 Å². The SMILES string of the molecule is COC(OC)/C(=N/NC(N)=O)c1ccccc1. The Kier molecular flexibility index (Phi) is 5.12. The molecule has 0 aliphatic rings. The molecular weight excluding hydrogens is 222 g/mol. The summed E-state index contributed by atoms with van der Waals surface area (Å²) in [6, 6.07) is 8.47. The Balaban J connectivity index is 3.02. The first-order valence-electron chi connectivity index (χ1n) is 4.93. The molecule has 0 atom stereocenters. The molecule has 0 radical (unpaired) electrons. The first kappa shape index (κ1) is 13.1. The number of primary amides is 1. The lowest BCUT2D eigenvalue weighted by atomic mass is 10.1. The number of ether oxygens (including phenoxy) is 2. The number of methoxy groups -OCH3 is 2. The van der Waals surface area contributed by atoms with Crippen molar-refractivity contribution in [1.29, 1.82) is 0 Å². The summed E-state index contributed by atoms with van der Waals surface area (Å²) in [5.74, 6) is 0. The van der Waals surface area contributed by atoms with E-state index in [9.17, 15) is 4.79 Å². The lowest BCUT2D eigenvalue weighted by molar-refractivity contribution is -0.0517. The Morgan fingerprint density at radius 2 is 1.88 bits per heavy atom. The summed E-state index contributed by atoms with van der Waals surface area (Å²) in [6.07, 6.45) is -0.677. The van der Waals surface area contributed by atoms with Crippen LogP contribution in [0.3, 0.4) is 0 Å². The van der Waals surface area contributed by atoms with Gasteiger partial charge in [-0.3, -0.25) is 0 Å². The second-order valence-electron chi connectivity index (χ2n) is 3.14. The lowest BCUT2D eigenvalue weighted by Gasteiger charge is -2.16. The van der Waals surface area contributed by atoms with Crippen molar-refractivity contribution in [3.8, 4) is 0 Å². The van der Waals surface area contributed by atoms with Gasteiger partial charge in [-0.05, 0) is 0 Å². The zero-order valence-electron chi connectivity index (χ0n) is 9.71. The molecule has 0 aliphatic heterocycles. The maximum absolute atomic E-state index is 10.7. The molecule has 0 aromatic heterocycles. The Morgan fingerprint density at radius 1 is 1.29 bits per heavy atom. The van der Waals surface area contributed by atoms with Gasteiger partial charge in [-0.1, -0.05) is 30.3 Å². The van der Waals surface area contributed by atoms with Crippen LogP contribution in [0.4, 0.5) is 4.79 Å². The van der Waals surface area contributed by atoms with Gasteiger partial charge in [0.25, 0.3) is 0 Å². The van der Waals surface area contributed by atoms with Gasteiger partial charge < -0.3 is 15.2 Å². The fourth-order valence-corrected chi connectivity index (χ4v) is 1.30. The van der Waals surface area contributed by atoms with E-state index in [1.54, 1.807) is 0 Å². The van der Waals surface area contributed by atoms with E-state index in [2.05, 4.69) is 10.5 Å². The number of nitrogens with two attached hydrogens (primary N) is 1. The number of carbonyl (C=O) groups excluding carboxylic acids is 1. The molecule has 17 heavy (non-hydrogen) atoms. The molecule has 0 heterocycles. The molecule has 6 heteroatoms. The van der Waals surface area contributed by atoms with E-state index in [1.165, 1.54) is 14.2 Å². The molecule has 3 N–H and O–H groups in total. The van der Waals surface area contributed by atoms with Crippen molar-refractivity contribution in [2.24, 2.45) is 10.8 Å². The molecule has 2 amide bonds. The topological polar surface area (TPSA) is 85.9 Å². The summed E-state index contributed by atoms with van der Waals surface area (Å²) in [4.78, 5) is 10.7. The maximum Gasteiger partial charge on any atom is 0.332 e.